The van der Waals surface area contributed by atoms with Crippen LogP contribution in [0.3, 0.4) is 0 Å². The lowest BCUT2D eigenvalue weighted by molar-refractivity contribution is -0.117. The number of aromatic carboxylic acids is 1. The number of benzene rings is 1. The average molecular weight is 252 g/mol. The smallest absolute Gasteiger partial charge is 0.337 e. The molecule has 1 rings (SSSR count). The van der Waals surface area contributed by atoms with Crippen molar-refractivity contribution in [3.05, 3.63) is 23.8 Å². The quantitative estimate of drug-likeness (QED) is 0.727. The predicted molar refractivity (Wildman–Crippen MR) is 66.8 cm³/mol. The third-order valence-corrected chi connectivity index (χ3v) is 2.49. The van der Waals surface area contributed by atoms with Gasteiger partial charge in [-0.25, -0.2) is 4.79 Å². The SMILES string of the molecule is CCC(N)C(=O)Nc1ccc(OC)cc1C(=O)O. The number of carboxylic acid groups (broad SMARTS) is 1. The van der Waals surface area contributed by atoms with Crippen molar-refractivity contribution in [3.63, 3.8) is 0 Å². The molecule has 0 aromatic heterocycles. The number of carboxylic acids is 1. The summed E-state index contributed by atoms with van der Waals surface area (Å²) in [6.45, 7) is 1.77. The van der Waals surface area contributed by atoms with E-state index in [1.165, 1.54) is 19.2 Å². The minimum absolute atomic E-state index is 0.0361. The summed E-state index contributed by atoms with van der Waals surface area (Å²) in [5.41, 5.74) is 5.73. The van der Waals surface area contributed by atoms with Crippen molar-refractivity contribution in [2.24, 2.45) is 5.73 Å². The molecule has 1 amide bonds. The van der Waals surface area contributed by atoms with Gasteiger partial charge in [-0.1, -0.05) is 6.92 Å². The molecule has 0 aliphatic carbocycles. The van der Waals surface area contributed by atoms with E-state index < -0.39 is 17.9 Å². The highest BCUT2D eigenvalue weighted by Crippen LogP contribution is 2.22. The second-order valence-corrected chi connectivity index (χ2v) is 3.72. The fourth-order valence-corrected chi connectivity index (χ4v) is 1.35. The molecule has 6 nitrogen and oxygen atoms in total. The molecule has 0 bridgehead atoms. The van der Waals surface area contributed by atoms with Gasteiger partial charge in [0.2, 0.25) is 5.91 Å². The van der Waals surface area contributed by atoms with Crippen LogP contribution in [0.25, 0.3) is 0 Å². The van der Waals surface area contributed by atoms with Gasteiger partial charge in [0.25, 0.3) is 0 Å². The number of hydrogen-bond acceptors (Lipinski definition) is 4. The number of nitrogens with one attached hydrogen (secondary N) is 1. The van der Waals surface area contributed by atoms with Crippen molar-refractivity contribution in [3.8, 4) is 5.75 Å². The van der Waals surface area contributed by atoms with E-state index in [4.69, 9.17) is 15.6 Å². The highest BCUT2D eigenvalue weighted by Gasteiger charge is 2.16. The molecule has 6 heteroatoms. The lowest BCUT2D eigenvalue weighted by Crippen LogP contribution is -2.35. The number of nitrogens with two attached hydrogens (primary N) is 1. The Bertz CT molecular complexity index is 459. The summed E-state index contributed by atoms with van der Waals surface area (Å²) in [5, 5.41) is 11.5. The average Bonchev–Trinajstić information content (AvgIpc) is 2.37. The number of methoxy groups -OCH3 is 1. The Kier molecular flexibility index (Phi) is 4.67. The van der Waals surface area contributed by atoms with Crippen molar-refractivity contribution in [2.75, 3.05) is 12.4 Å². The molecule has 0 heterocycles. The Hall–Kier alpha value is -2.08. The van der Waals surface area contributed by atoms with Crippen molar-refractivity contribution in [1.82, 2.24) is 0 Å². The highest BCUT2D eigenvalue weighted by atomic mass is 16.5. The first kappa shape index (κ1) is 14.0. The molecule has 0 aliphatic rings. The normalized spacial score (nSPS) is 11.7. The molecule has 18 heavy (non-hydrogen) atoms. The number of amides is 1. The summed E-state index contributed by atoms with van der Waals surface area (Å²) >= 11 is 0. The third-order valence-electron chi connectivity index (χ3n) is 2.49. The summed E-state index contributed by atoms with van der Waals surface area (Å²) in [7, 11) is 1.44. The van der Waals surface area contributed by atoms with Gasteiger partial charge in [-0.3, -0.25) is 4.79 Å². The first-order chi connectivity index (χ1) is 8.49. The number of hydrogen-bond donors (Lipinski definition) is 3. The zero-order valence-electron chi connectivity index (χ0n) is 10.3. The number of rotatable bonds is 5. The zero-order valence-corrected chi connectivity index (χ0v) is 10.3. The van der Waals surface area contributed by atoms with Crippen molar-refractivity contribution >= 4 is 17.6 Å². The monoisotopic (exact) mass is 252 g/mol. The van der Waals surface area contributed by atoms with Gasteiger partial charge in [-0.2, -0.15) is 0 Å². The van der Waals surface area contributed by atoms with Crippen LogP contribution in [0.2, 0.25) is 0 Å². The maximum atomic E-state index is 11.6. The largest absolute Gasteiger partial charge is 0.497 e. The second kappa shape index (κ2) is 6.02. The predicted octanol–water partition coefficient (Wildman–Crippen LogP) is 1.07. The molecule has 0 saturated carbocycles. The molecule has 0 radical (unpaired) electrons. The van der Waals surface area contributed by atoms with Crippen molar-refractivity contribution in [2.45, 2.75) is 19.4 Å². The zero-order chi connectivity index (χ0) is 13.7. The van der Waals surface area contributed by atoms with Crippen LogP contribution >= 0.6 is 0 Å². The van der Waals surface area contributed by atoms with Gasteiger partial charge in [-0.15, -0.1) is 0 Å². The Morgan fingerprint density at radius 1 is 1.50 bits per heavy atom. The highest BCUT2D eigenvalue weighted by molar-refractivity contribution is 6.02. The van der Waals surface area contributed by atoms with E-state index in [0.717, 1.165) is 0 Å². The van der Waals surface area contributed by atoms with Gasteiger partial charge in [-0.05, 0) is 24.6 Å². The van der Waals surface area contributed by atoms with Crippen LogP contribution < -0.4 is 15.8 Å². The molecule has 1 aromatic carbocycles. The van der Waals surface area contributed by atoms with Gasteiger partial charge in [0.15, 0.2) is 0 Å². The molecule has 4 N–H and O–H groups in total. The van der Waals surface area contributed by atoms with E-state index in [9.17, 15) is 9.59 Å². The van der Waals surface area contributed by atoms with E-state index in [0.29, 0.717) is 12.2 Å². The Balaban J connectivity index is 3.01. The number of anilines is 1. The van der Waals surface area contributed by atoms with E-state index in [1.54, 1.807) is 13.0 Å². The molecule has 0 spiro atoms. The van der Waals surface area contributed by atoms with Gasteiger partial charge in [0, 0.05) is 0 Å². The topological polar surface area (TPSA) is 102 Å². The maximum Gasteiger partial charge on any atom is 0.337 e. The van der Waals surface area contributed by atoms with Gasteiger partial charge >= 0.3 is 5.97 Å². The first-order valence-electron chi connectivity index (χ1n) is 5.47. The summed E-state index contributed by atoms with van der Waals surface area (Å²) in [6, 6.07) is 3.73. The van der Waals surface area contributed by atoms with Crippen LogP contribution in [0, 0.1) is 0 Å². The van der Waals surface area contributed by atoms with Crippen LogP contribution in [0.5, 0.6) is 5.75 Å². The lowest BCUT2D eigenvalue weighted by Gasteiger charge is -2.12. The van der Waals surface area contributed by atoms with Crippen LogP contribution in [0.15, 0.2) is 18.2 Å². The van der Waals surface area contributed by atoms with Gasteiger partial charge in [0.1, 0.15) is 5.75 Å². The minimum Gasteiger partial charge on any atom is -0.497 e. The van der Waals surface area contributed by atoms with E-state index in [1.807, 2.05) is 0 Å². The second-order valence-electron chi connectivity index (χ2n) is 3.72. The van der Waals surface area contributed by atoms with Gasteiger partial charge < -0.3 is 20.9 Å². The molecule has 98 valence electrons. The Labute approximate surface area is 105 Å². The van der Waals surface area contributed by atoms with Crippen molar-refractivity contribution in [1.29, 1.82) is 0 Å². The third kappa shape index (κ3) is 3.21. The van der Waals surface area contributed by atoms with E-state index in [2.05, 4.69) is 5.32 Å². The molecule has 0 saturated heterocycles. The first-order valence-corrected chi connectivity index (χ1v) is 5.47. The molecule has 0 fully saturated rings. The summed E-state index contributed by atoms with van der Waals surface area (Å²) in [4.78, 5) is 22.7. The fraction of sp³-hybridized carbons (Fsp3) is 0.333. The van der Waals surface area contributed by atoms with E-state index >= 15 is 0 Å². The molecule has 0 aliphatic heterocycles. The number of carbonyl (C=O) groups excluding carboxylic acids is 1. The Morgan fingerprint density at radius 3 is 2.67 bits per heavy atom. The summed E-state index contributed by atoms with van der Waals surface area (Å²) in [6.07, 6.45) is 0.477. The summed E-state index contributed by atoms with van der Waals surface area (Å²) < 4.78 is 4.93. The summed E-state index contributed by atoms with van der Waals surface area (Å²) in [5.74, 6) is -1.15. The van der Waals surface area contributed by atoms with Gasteiger partial charge in [0.05, 0.1) is 24.4 Å². The maximum absolute atomic E-state index is 11.6. The molecular weight excluding hydrogens is 236 g/mol. The fourth-order valence-electron chi connectivity index (χ4n) is 1.35. The van der Waals surface area contributed by atoms with Crippen LogP contribution in [0.1, 0.15) is 23.7 Å². The molecule has 1 unspecified atom stereocenters. The van der Waals surface area contributed by atoms with E-state index in [-0.39, 0.29) is 11.3 Å². The number of carbonyl (C=O) groups is 2. The standard InChI is InChI=1S/C12H16N2O4/c1-3-9(13)11(15)14-10-5-4-7(18-2)6-8(10)12(16)17/h4-6,9H,3,13H2,1-2H3,(H,14,15)(H,16,17). The number of ether oxygens (including phenoxy) is 1. The van der Waals surface area contributed by atoms with Crippen molar-refractivity contribution < 1.29 is 19.4 Å². The van der Waals surface area contributed by atoms with Crippen LogP contribution in [-0.4, -0.2) is 30.1 Å². The van der Waals surface area contributed by atoms with Crippen LogP contribution in [0.4, 0.5) is 5.69 Å². The molecule has 1 atom stereocenters. The Morgan fingerprint density at radius 2 is 2.17 bits per heavy atom. The minimum atomic E-state index is -1.14. The van der Waals surface area contributed by atoms with Crippen LogP contribution in [-0.2, 0) is 4.79 Å². The molecular formula is C12H16N2O4. The molecule has 1 aromatic rings. The lowest BCUT2D eigenvalue weighted by atomic mass is 10.1.